The normalized spacial score (nSPS) is 29.1. The zero-order valence-electron chi connectivity index (χ0n) is 34.9. The van der Waals surface area contributed by atoms with Crippen molar-refractivity contribution in [3.63, 3.8) is 0 Å². The maximum atomic E-state index is 10.6. The van der Waals surface area contributed by atoms with Crippen LogP contribution in [0.2, 0.25) is 0 Å². The molecule has 0 aromatic carbocycles. The summed E-state index contributed by atoms with van der Waals surface area (Å²) in [6, 6.07) is -2.65. The molecule has 0 spiro atoms. The van der Waals surface area contributed by atoms with Gasteiger partial charge in [-0.1, -0.05) is 12.2 Å². The molecule has 0 amide bonds. The highest BCUT2D eigenvalue weighted by Crippen LogP contribution is 2.21. The van der Waals surface area contributed by atoms with Gasteiger partial charge in [0.05, 0.1) is 70.3 Å². The zero-order chi connectivity index (χ0) is 53.8. The quantitative estimate of drug-likeness (QED) is 0.0283. The molecule has 0 radical (unpaired) electrons. The van der Waals surface area contributed by atoms with Crippen LogP contribution in [-0.4, -0.2) is 239 Å². The Hall–Kier alpha value is -2.67. The fourth-order valence-corrected chi connectivity index (χ4v) is 6.93. The molecule has 0 saturated carbocycles. The van der Waals surface area contributed by atoms with Crippen LogP contribution in [0.4, 0.5) is 0 Å². The number of aliphatic hydroxyl groups excluding tert-OH is 7. The molecule has 0 aromatic rings. The second-order valence-corrected chi connectivity index (χ2v) is 18.7. The van der Waals surface area contributed by atoms with Gasteiger partial charge >= 0.3 is 0 Å². The second-order valence-electron chi connectivity index (χ2n) is 13.3. The first kappa shape index (κ1) is 67.4. The molecule has 9 N–H and O–H groups in total. The molecule has 3 saturated heterocycles. The van der Waals surface area contributed by atoms with E-state index in [1.54, 1.807) is 11.6 Å². The molecule has 0 aromatic heterocycles. The van der Waals surface area contributed by atoms with Gasteiger partial charge in [-0.15, -0.1) is 0 Å². The number of ether oxygens (including phenoxy) is 4. The van der Waals surface area contributed by atoms with Gasteiger partial charge in [-0.25, -0.2) is 51.5 Å². The molecular weight excluding hydrogens is 1050 g/mol. The number of carbonyl (C=O) groups is 2. The third-order valence-electron chi connectivity index (χ3n) is 7.69. The van der Waals surface area contributed by atoms with Crippen molar-refractivity contribution in [1.29, 1.82) is 0 Å². The minimum absolute atomic E-state index is 0.111. The van der Waals surface area contributed by atoms with Gasteiger partial charge in [0.2, 0.25) is 31.2 Å². The van der Waals surface area contributed by atoms with Gasteiger partial charge in [-0.05, 0) is 25.5 Å². The van der Waals surface area contributed by atoms with Crippen LogP contribution in [0.5, 0.6) is 0 Å². The number of nitrogens with one attached hydrogen (secondary N) is 2. The first-order chi connectivity index (χ1) is 30.7. The second kappa shape index (κ2) is 30.3. The summed E-state index contributed by atoms with van der Waals surface area (Å²) in [4.78, 5) is 20.0. The highest BCUT2D eigenvalue weighted by Gasteiger charge is 2.42. The average Bonchev–Trinajstić information content (AvgIpc) is 3.16. The van der Waals surface area contributed by atoms with Crippen LogP contribution in [0.15, 0.2) is 23.8 Å². The summed E-state index contributed by atoms with van der Waals surface area (Å²) in [5.41, 5.74) is 1.20. The number of aliphatic carboxylic acids is 2. The lowest BCUT2D eigenvalue weighted by molar-refractivity contribution is -0.327. The fraction of sp³-hybridized carbons (Fsp3) is 0.786. The van der Waals surface area contributed by atoms with Gasteiger partial charge in [0.25, 0.3) is 0 Å². The Morgan fingerprint density at radius 3 is 1.41 bits per heavy atom. The summed E-state index contributed by atoms with van der Waals surface area (Å²) in [6.07, 6.45) is -15.0. The van der Waals surface area contributed by atoms with Crippen LogP contribution in [0.1, 0.15) is 13.8 Å². The van der Waals surface area contributed by atoms with E-state index in [-0.39, 0.29) is 13.2 Å². The van der Waals surface area contributed by atoms with Crippen molar-refractivity contribution < 1.29 is 152 Å². The molecule has 3 heterocycles. The number of carboxylic acids is 2. The summed E-state index contributed by atoms with van der Waals surface area (Å²) in [5, 5.41) is 83.7. The van der Waals surface area contributed by atoms with Crippen LogP contribution in [0, 0.1) is 0 Å². The van der Waals surface area contributed by atoms with Crippen LogP contribution in [-0.2, 0) is 92.9 Å². The minimum atomic E-state index is -5.08. The molecule has 12 atom stereocenters. The average molecular weight is 1100 g/mol. The molecule has 40 heteroatoms. The van der Waals surface area contributed by atoms with Crippen molar-refractivity contribution in [2.75, 3.05) is 53.4 Å². The van der Waals surface area contributed by atoms with Gasteiger partial charge in [0.1, 0.15) is 61.0 Å². The molecule has 35 nitrogen and oxygen atoms in total. The topological polar surface area (TPSA) is 597 Å². The predicted octanol–water partition coefficient (Wildman–Crippen LogP) is -12.4. The van der Waals surface area contributed by atoms with Gasteiger partial charge < -0.3 is 97.3 Å². The standard InChI is InChI=1S/C7H15NO10S2.C6H13NO10S2.C6H10O9S.C5H8O3.C4H8O/c1-16-7-5(3-18-20(13,14)15)17-2-4(6(7)9)8-19(10,11)12;8-5-3(7-18(10,11)12)1-16-4(6(5)9)2-17-19(13,14)15;7-3-2(15-16(11,12)13)1-14-5(4(3)8)6(9)10;1-4(3-6)2-5(7)8;1-4(2)3-5/h4-9H,2-3H2,1H3,(H,10,11,12)(H,13,14,15);3-9H,1-2H2,(H,10,11,12)(H,13,14,15);2-5,7-8H,1H2,(H,9,10)(H,11,12,13);2,6H,3H2,1H3,(H,7,8);5H,1,3H2,2H3/p-7/b;;;4-2-;/t4?,5?,6-,7+;3?,4?,5-,6+;2?,3-,4-,5?;;/m000../s1. The third kappa shape index (κ3) is 30.8. The summed E-state index contributed by atoms with van der Waals surface area (Å²) >= 11 is 0. The molecule has 6 unspecified atom stereocenters. The van der Waals surface area contributed by atoms with E-state index in [0.717, 1.165) is 18.8 Å². The summed E-state index contributed by atoms with van der Waals surface area (Å²) in [6.45, 7) is 3.44. The highest BCUT2D eigenvalue weighted by molar-refractivity contribution is 7.84. The monoisotopic (exact) mass is 1100 g/mol. The molecule has 0 aliphatic carbocycles. The Morgan fingerprint density at radius 1 is 0.647 bits per heavy atom. The van der Waals surface area contributed by atoms with Gasteiger partial charge in [-0.3, -0.25) is 12.5 Å². The Bertz CT molecular complexity index is 2170. The van der Waals surface area contributed by atoms with E-state index in [0.29, 0.717) is 5.57 Å². The lowest BCUT2D eigenvalue weighted by Crippen LogP contribution is -2.60. The van der Waals surface area contributed by atoms with Crippen LogP contribution in [0.3, 0.4) is 0 Å². The van der Waals surface area contributed by atoms with E-state index in [4.69, 9.17) is 24.4 Å². The Kier molecular flexibility index (Phi) is 30.0. The van der Waals surface area contributed by atoms with E-state index in [1.165, 1.54) is 11.6 Å². The fourth-order valence-electron chi connectivity index (χ4n) is 4.70. The van der Waals surface area contributed by atoms with E-state index in [1.807, 2.05) is 0 Å². The maximum Gasteiger partial charge on any atom is 0.218 e. The number of hydrogen-bond acceptors (Lipinski definition) is 33. The minimum Gasteiger partial charge on any atom is -0.735 e. The molecule has 3 rings (SSSR count). The first-order valence-electron chi connectivity index (χ1n) is 17.7. The maximum absolute atomic E-state index is 10.6. The predicted molar refractivity (Wildman–Crippen MR) is 202 cm³/mol. The highest BCUT2D eigenvalue weighted by atomic mass is 32.3. The Morgan fingerprint density at radius 2 is 1.07 bits per heavy atom. The van der Waals surface area contributed by atoms with E-state index in [9.17, 15) is 110 Å². The van der Waals surface area contributed by atoms with Crippen molar-refractivity contribution in [1.82, 2.24) is 9.44 Å². The Balaban J connectivity index is 0. The Labute approximate surface area is 388 Å². The molecule has 3 aliphatic rings. The van der Waals surface area contributed by atoms with Crippen molar-refractivity contribution in [2.24, 2.45) is 0 Å². The van der Waals surface area contributed by atoms with Crippen LogP contribution < -0.4 is 19.7 Å². The lowest BCUT2D eigenvalue weighted by Gasteiger charge is -2.39. The van der Waals surface area contributed by atoms with Crippen molar-refractivity contribution in [3.8, 4) is 0 Å². The van der Waals surface area contributed by atoms with E-state index < -0.39 is 170 Å². The SMILES string of the molecule is C/C(=C/C(=O)[O-])CO.C=C(C)CO.CO[C@@H]1C(COS(=O)(=O)[O-])OCC(NS(=O)(=O)[O-])[C@@H]1O.O=C([O-])C1OCC(OS(=O)(=O)[O-])[C@H](O)[C@@H]1O.O=S(=O)([O-])NC1COC(COS(=O)(=O)[O-])[C@@H](O)[C@H]1O. The summed E-state index contributed by atoms with van der Waals surface area (Å²) in [5.74, 6) is -3.04. The summed E-state index contributed by atoms with van der Waals surface area (Å²) < 4.78 is 189. The number of hydrogen-bond donors (Lipinski definition) is 9. The number of methoxy groups -OCH3 is 1. The largest absolute Gasteiger partial charge is 0.735 e. The smallest absolute Gasteiger partial charge is 0.218 e. The number of carboxylic acid groups (broad SMARTS) is 2. The number of aliphatic hydroxyl groups is 7. The molecule has 68 heavy (non-hydrogen) atoms. The van der Waals surface area contributed by atoms with Crippen LogP contribution in [0.25, 0.3) is 0 Å². The van der Waals surface area contributed by atoms with Gasteiger partial charge in [-0.2, -0.15) is 0 Å². The molecule has 3 fully saturated rings. The molecular formula is C28H47N2O33S5-7. The first-order valence-corrected chi connectivity index (χ1v) is 24.5. The van der Waals surface area contributed by atoms with Gasteiger partial charge in [0.15, 0.2) is 20.6 Å². The molecule has 0 bridgehead atoms. The molecule has 404 valence electrons. The zero-order valence-corrected chi connectivity index (χ0v) is 39.0. The number of carbonyl (C=O) groups excluding carboxylic acids is 2. The van der Waals surface area contributed by atoms with E-state index in [2.05, 4.69) is 23.9 Å². The third-order valence-corrected chi connectivity index (χ3v) is 10.2. The molecule has 3 aliphatic heterocycles. The lowest BCUT2D eigenvalue weighted by atomic mass is 9.99. The van der Waals surface area contributed by atoms with Crippen molar-refractivity contribution >= 4 is 63.7 Å². The number of rotatable bonds is 17. The van der Waals surface area contributed by atoms with E-state index >= 15 is 0 Å². The van der Waals surface area contributed by atoms with Crippen LogP contribution >= 0.6 is 0 Å². The summed E-state index contributed by atoms with van der Waals surface area (Å²) in [7, 11) is -23.5. The van der Waals surface area contributed by atoms with Crippen molar-refractivity contribution in [3.05, 3.63) is 23.8 Å². The van der Waals surface area contributed by atoms with Gasteiger partial charge in [0, 0.05) is 7.11 Å². The van der Waals surface area contributed by atoms with Crippen molar-refractivity contribution in [2.45, 2.75) is 87.0 Å².